The lowest BCUT2D eigenvalue weighted by Gasteiger charge is -2.12. The summed E-state index contributed by atoms with van der Waals surface area (Å²) in [5.74, 6) is 2.06. The molecule has 0 aliphatic heterocycles. The topological polar surface area (TPSA) is 107 Å². The summed E-state index contributed by atoms with van der Waals surface area (Å²) in [5.41, 5.74) is 2.11. The molecule has 2 N–H and O–H groups in total. The number of aromatic amines is 1. The smallest absolute Gasteiger partial charge is 0.251 e. The van der Waals surface area contributed by atoms with Crippen molar-refractivity contribution in [3.8, 4) is 11.5 Å². The molecular weight excluding hydrogens is 382 g/mol. The summed E-state index contributed by atoms with van der Waals surface area (Å²) in [6, 6.07) is 4.99. The van der Waals surface area contributed by atoms with Crippen LogP contribution in [0.4, 0.5) is 0 Å². The molecule has 0 radical (unpaired) electrons. The highest BCUT2D eigenvalue weighted by atomic mass is 32.1. The number of ether oxygens (including phenoxy) is 2. The molecule has 1 amide bonds. The van der Waals surface area contributed by atoms with Crippen molar-refractivity contribution in [2.24, 2.45) is 7.05 Å². The average Bonchev–Trinajstić information content (AvgIpc) is 3.19. The highest BCUT2D eigenvalue weighted by Gasteiger charge is 2.14. The molecule has 2 aromatic heterocycles. The predicted molar refractivity (Wildman–Crippen MR) is 103 cm³/mol. The molecule has 0 spiro atoms. The van der Waals surface area contributed by atoms with E-state index >= 15 is 0 Å². The number of nitrogens with zero attached hydrogens (tertiary/aromatic N) is 3. The Morgan fingerprint density at radius 3 is 2.75 bits per heavy atom. The summed E-state index contributed by atoms with van der Waals surface area (Å²) in [4.78, 5) is 12.4. The second-order valence-electron chi connectivity index (χ2n) is 6.14. The highest BCUT2D eigenvalue weighted by molar-refractivity contribution is 7.71. The highest BCUT2D eigenvalue weighted by Crippen LogP contribution is 2.29. The van der Waals surface area contributed by atoms with E-state index < -0.39 is 0 Å². The first kappa shape index (κ1) is 19.6. The molecule has 0 bridgehead atoms. The Morgan fingerprint density at radius 2 is 2.14 bits per heavy atom. The normalized spacial score (nSPS) is 10.7. The van der Waals surface area contributed by atoms with Gasteiger partial charge < -0.3 is 23.9 Å². The first-order chi connectivity index (χ1) is 13.4. The molecule has 9 nitrogen and oxygen atoms in total. The fourth-order valence-electron chi connectivity index (χ4n) is 2.59. The number of nitrogens with one attached hydrogen (secondary N) is 2. The minimum atomic E-state index is -0.260. The maximum absolute atomic E-state index is 12.4. The Balaban J connectivity index is 1.68. The fourth-order valence-corrected chi connectivity index (χ4v) is 2.74. The number of amides is 1. The molecule has 0 fully saturated rings. The van der Waals surface area contributed by atoms with Crippen molar-refractivity contribution in [3.63, 3.8) is 0 Å². The summed E-state index contributed by atoms with van der Waals surface area (Å²) in [7, 11) is 3.30. The van der Waals surface area contributed by atoms with Crippen LogP contribution in [0.15, 0.2) is 22.7 Å². The number of methoxy groups -OCH3 is 1. The van der Waals surface area contributed by atoms with Gasteiger partial charge in [-0.25, -0.2) is 0 Å². The zero-order valence-corrected chi connectivity index (χ0v) is 16.8. The lowest BCUT2D eigenvalue weighted by atomic mass is 10.2. The quantitative estimate of drug-likeness (QED) is 0.584. The molecule has 0 aliphatic rings. The van der Waals surface area contributed by atoms with Gasteiger partial charge in [-0.05, 0) is 44.3 Å². The van der Waals surface area contributed by atoms with Gasteiger partial charge in [-0.15, -0.1) is 0 Å². The van der Waals surface area contributed by atoms with Crippen molar-refractivity contribution < 1.29 is 18.8 Å². The monoisotopic (exact) mass is 403 g/mol. The summed E-state index contributed by atoms with van der Waals surface area (Å²) >= 11 is 5.06. The number of carbonyl (C=O) groups excluding carboxylic acids is 1. The summed E-state index contributed by atoms with van der Waals surface area (Å²) in [6.07, 6.45) is 0. The van der Waals surface area contributed by atoms with E-state index in [1.807, 2.05) is 13.8 Å². The third kappa shape index (κ3) is 4.06. The lowest BCUT2D eigenvalue weighted by Crippen LogP contribution is -2.24. The third-order valence-corrected chi connectivity index (χ3v) is 4.72. The molecule has 28 heavy (non-hydrogen) atoms. The number of hydrogen-bond acceptors (Lipinski definition) is 7. The zero-order chi connectivity index (χ0) is 20.3. The second kappa shape index (κ2) is 8.26. The largest absolute Gasteiger partial charge is 0.493 e. The van der Waals surface area contributed by atoms with Crippen LogP contribution in [0.25, 0.3) is 0 Å². The van der Waals surface area contributed by atoms with Crippen LogP contribution < -0.4 is 14.8 Å². The second-order valence-corrected chi connectivity index (χ2v) is 6.53. The minimum Gasteiger partial charge on any atom is -0.493 e. The van der Waals surface area contributed by atoms with Gasteiger partial charge >= 0.3 is 0 Å². The maximum atomic E-state index is 12.4. The van der Waals surface area contributed by atoms with Crippen LogP contribution in [0.1, 0.15) is 33.2 Å². The molecule has 0 atom stereocenters. The summed E-state index contributed by atoms with van der Waals surface area (Å²) < 4.78 is 18.5. The Hall–Kier alpha value is -3.14. The molecule has 10 heteroatoms. The first-order valence-corrected chi connectivity index (χ1v) is 8.92. The van der Waals surface area contributed by atoms with Crippen LogP contribution in [-0.2, 0) is 20.2 Å². The van der Waals surface area contributed by atoms with Crippen molar-refractivity contribution in [2.75, 3.05) is 7.11 Å². The van der Waals surface area contributed by atoms with E-state index in [1.165, 1.54) is 7.11 Å². The molecule has 3 rings (SSSR count). The van der Waals surface area contributed by atoms with Crippen molar-refractivity contribution in [1.29, 1.82) is 0 Å². The molecule has 0 saturated heterocycles. The van der Waals surface area contributed by atoms with Gasteiger partial charge in [0.1, 0.15) is 12.4 Å². The Kier molecular flexibility index (Phi) is 5.78. The van der Waals surface area contributed by atoms with Crippen LogP contribution in [-0.4, -0.2) is 32.9 Å². The van der Waals surface area contributed by atoms with Gasteiger partial charge in [-0.1, -0.05) is 5.16 Å². The molecule has 2 heterocycles. The molecule has 148 valence electrons. The number of aryl methyl sites for hydroxylation is 2. The van der Waals surface area contributed by atoms with Gasteiger partial charge in [-0.2, -0.15) is 5.10 Å². The average molecular weight is 403 g/mol. The molecule has 0 saturated carbocycles. The number of aromatic nitrogens is 4. The van der Waals surface area contributed by atoms with Gasteiger partial charge in [0.15, 0.2) is 22.1 Å². The molecular formula is C18H21N5O4S. The molecule has 0 unspecified atom stereocenters. The summed E-state index contributed by atoms with van der Waals surface area (Å²) in [6.45, 7) is 4.23. The van der Waals surface area contributed by atoms with Crippen molar-refractivity contribution in [1.82, 2.24) is 25.2 Å². The number of H-pyrrole nitrogens is 1. The maximum Gasteiger partial charge on any atom is 0.251 e. The number of benzene rings is 1. The van der Waals surface area contributed by atoms with Gasteiger partial charge in [0.05, 0.1) is 24.9 Å². The number of hydrogen-bond donors (Lipinski definition) is 2. The van der Waals surface area contributed by atoms with Crippen molar-refractivity contribution in [2.45, 2.75) is 27.0 Å². The van der Waals surface area contributed by atoms with E-state index in [-0.39, 0.29) is 12.5 Å². The van der Waals surface area contributed by atoms with Crippen LogP contribution >= 0.6 is 12.2 Å². The van der Waals surface area contributed by atoms with Gasteiger partial charge in [0, 0.05) is 12.6 Å². The Morgan fingerprint density at radius 1 is 1.36 bits per heavy atom. The van der Waals surface area contributed by atoms with Crippen LogP contribution in [0.2, 0.25) is 0 Å². The predicted octanol–water partition coefficient (Wildman–Crippen LogP) is 2.60. The van der Waals surface area contributed by atoms with E-state index in [1.54, 1.807) is 29.8 Å². The van der Waals surface area contributed by atoms with Crippen molar-refractivity contribution in [3.05, 3.63) is 51.4 Å². The third-order valence-electron chi connectivity index (χ3n) is 4.36. The van der Waals surface area contributed by atoms with Crippen LogP contribution in [0.3, 0.4) is 0 Å². The summed E-state index contributed by atoms with van der Waals surface area (Å²) in [5, 5.41) is 13.5. The molecule has 3 aromatic rings. The Labute approximate surface area is 166 Å². The van der Waals surface area contributed by atoms with E-state index in [0.29, 0.717) is 40.0 Å². The van der Waals surface area contributed by atoms with Gasteiger partial charge in [0.25, 0.3) is 5.91 Å². The number of rotatable bonds is 7. The molecule has 1 aromatic carbocycles. The van der Waals surface area contributed by atoms with E-state index in [9.17, 15) is 4.79 Å². The van der Waals surface area contributed by atoms with Crippen LogP contribution in [0.5, 0.6) is 11.5 Å². The van der Waals surface area contributed by atoms with Crippen LogP contribution in [0, 0.1) is 18.6 Å². The standard InChI is InChI=1S/C18H21N5O4S/c1-10-13(11(2)27-22-10)9-26-14-6-5-12(7-15(14)25-4)17(24)19-8-16-20-21-18(28)23(16)3/h5-7H,8-9H2,1-4H3,(H,19,24)(H,21,28). The zero-order valence-electron chi connectivity index (χ0n) is 16.0. The molecule has 0 aliphatic carbocycles. The fraction of sp³-hybridized carbons (Fsp3) is 0.333. The lowest BCUT2D eigenvalue weighted by molar-refractivity contribution is 0.0949. The minimum absolute atomic E-state index is 0.245. The van der Waals surface area contributed by atoms with E-state index in [0.717, 1.165) is 11.3 Å². The van der Waals surface area contributed by atoms with Crippen molar-refractivity contribution >= 4 is 18.1 Å². The van der Waals surface area contributed by atoms with E-state index in [2.05, 4.69) is 20.7 Å². The Bertz CT molecular complexity index is 1030. The first-order valence-electron chi connectivity index (χ1n) is 8.51. The van der Waals surface area contributed by atoms with E-state index in [4.69, 9.17) is 26.2 Å². The van der Waals surface area contributed by atoms with Gasteiger partial charge in [0.2, 0.25) is 0 Å². The van der Waals surface area contributed by atoms with Gasteiger partial charge in [-0.3, -0.25) is 9.89 Å². The SMILES string of the molecule is COc1cc(C(=O)NCc2n[nH]c(=S)n2C)ccc1OCc1c(C)noc1C. The number of carbonyl (C=O) groups is 1.